The van der Waals surface area contributed by atoms with E-state index in [0.29, 0.717) is 5.56 Å². The van der Waals surface area contributed by atoms with Crippen molar-refractivity contribution in [2.45, 2.75) is 26.3 Å². The molecule has 1 rings (SSSR count). The topological polar surface area (TPSA) is 63.3 Å². The SMILES string of the molecule is Cc1cc(C)c(F)c(C(N)CC(=O)O)c1. The lowest BCUT2D eigenvalue weighted by Crippen LogP contribution is -2.17. The van der Waals surface area contributed by atoms with Crippen molar-refractivity contribution in [2.24, 2.45) is 5.73 Å². The fourth-order valence-corrected chi connectivity index (χ4v) is 1.55. The first-order valence-electron chi connectivity index (χ1n) is 4.66. The summed E-state index contributed by atoms with van der Waals surface area (Å²) in [5, 5.41) is 8.57. The van der Waals surface area contributed by atoms with Gasteiger partial charge in [-0.2, -0.15) is 0 Å². The molecule has 0 aliphatic carbocycles. The van der Waals surface area contributed by atoms with E-state index in [0.717, 1.165) is 5.56 Å². The van der Waals surface area contributed by atoms with Crippen molar-refractivity contribution in [3.05, 3.63) is 34.6 Å². The van der Waals surface area contributed by atoms with Crippen molar-refractivity contribution in [1.82, 2.24) is 0 Å². The summed E-state index contributed by atoms with van der Waals surface area (Å²) in [5.41, 5.74) is 7.26. The average Bonchev–Trinajstić information content (AvgIpc) is 2.09. The van der Waals surface area contributed by atoms with Gasteiger partial charge in [-0.05, 0) is 19.4 Å². The van der Waals surface area contributed by atoms with Crippen LogP contribution in [0.5, 0.6) is 0 Å². The molecular weight excluding hydrogens is 197 g/mol. The Labute approximate surface area is 87.7 Å². The molecule has 0 aromatic heterocycles. The zero-order valence-corrected chi connectivity index (χ0v) is 8.75. The Bertz CT molecular complexity index is 390. The Morgan fingerprint density at radius 2 is 2.13 bits per heavy atom. The Morgan fingerprint density at radius 1 is 1.53 bits per heavy atom. The van der Waals surface area contributed by atoms with Crippen LogP contribution in [0.4, 0.5) is 4.39 Å². The normalized spacial score (nSPS) is 12.5. The first kappa shape index (κ1) is 11.7. The smallest absolute Gasteiger partial charge is 0.305 e. The number of carbonyl (C=O) groups is 1. The summed E-state index contributed by atoms with van der Waals surface area (Å²) in [7, 11) is 0. The molecule has 3 nitrogen and oxygen atoms in total. The molecule has 0 fully saturated rings. The van der Waals surface area contributed by atoms with E-state index in [2.05, 4.69) is 0 Å². The molecular formula is C11H14FNO2. The van der Waals surface area contributed by atoms with E-state index < -0.39 is 17.8 Å². The van der Waals surface area contributed by atoms with Crippen molar-refractivity contribution in [1.29, 1.82) is 0 Å². The second kappa shape index (κ2) is 4.40. The van der Waals surface area contributed by atoms with Crippen molar-refractivity contribution < 1.29 is 14.3 Å². The Hall–Kier alpha value is -1.42. The van der Waals surface area contributed by atoms with Crippen LogP contribution in [0.15, 0.2) is 12.1 Å². The lowest BCUT2D eigenvalue weighted by atomic mass is 9.99. The van der Waals surface area contributed by atoms with Gasteiger partial charge in [0.25, 0.3) is 0 Å². The quantitative estimate of drug-likeness (QED) is 0.802. The summed E-state index contributed by atoms with van der Waals surface area (Å²) >= 11 is 0. The maximum Gasteiger partial charge on any atom is 0.305 e. The minimum absolute atomic E-state index is 0.264. The summed E-state index contributed by atoms with van der Waals surface area (Å²) in [4.78, 5) is 10.5. The molecule has 15 heavy (non-hydrogen) atoms. The van der Waals surface area contributed by atoms with Gasteiger partial charge in [0, 0.05) is 11.6 Å². The Balaban J connectivity index is 3.07. The molecule has 0 bridgehead atoms. The van der Waals surface area contributed by atoms with Crippen LogP contribution in [0.1, 0.15) is 29.2 Å². The van der Waals surface area contributed by atoms with Gasteiger partial charge in [-0.1, -0.05) is 17.7 Å². The molecule has 1 atom stereocenters. The monoisotopic (exact) mass is 211 g/mol. The van der Waals surface area contributed by atoms with E-state index in [1.54, 1.807) is 19.1 Å². The molecule has 0 radical (unpaired) electrons. The summed E-state index contributed by atoms with van der Waals surface area (Å²) in [6.45, 7) is 3.46. The molecule has 0 saturated carbocycles. The van der Waals surface area contributed by atoms with Gasteiger partial charge in [-0.15, -0.1) is 0 Å². The predicted molar refractivity (Wildman–Crippen MR) is 55.1 cm³/mol. The predicted octanol–water partition coefficient (Wildman–Crippen LogP) is 1.92. The summed E-state index contributed by atoms with van der Waals surface area (Å²) in [5.74, 6) is -1.43. The fourth-order valence-electron chi connectivity index (χ4n) is 1.55. The highest BCUT2D eigenvalue weighted by Crippen LogP contribution is 2.22. The number of halogens is 1. The third-order valence-electron chi connectivity index (χ3n) is 2.22. The van der Waals surface area contributed by atoms with E-state index in [-0.39, 0.29) is 12.0 Å². The van der Waals surface area contributed by atoms with Crippen LogP contribution < -0.4 is 5.73 Å². The molecule has 3 N–H and O–H groups in total. The van der Waals surface area contributed by atoms with Gasteiger partial charge >= 0.3 is 5.97 Å². The molecule has 4 heteroatoms. The number of rotatable bonds is 3. The second-order valence-corrected chi connectivity index (χ2v) is 3.69. The van der Waals surface area contributed by atoms with Crippen LogP contribution in [0, 0.1) is 19.7 Å². The number of nitrogens with two attached hydrogens (primary N) is 1. The van der Waals surface area contributed by atoms with Crippen LogP contribution in [0.3, 0.4) is 0 Å². The first-order valence-corrected chi connectivity index (χ1v) is 4.66. The molecule has 1 aromatic rings. The zero-order valence-electron chi connectivity index (χ0n) is 8.75. The molecule has 0 aliphatic heterocycles. The van der Waals surface area contributed by atoms with Crippen molar-refractivity contribution in [3.8, 4) is 0 Å². The number of hydrogen-bond acceptors (Lipinski definition) is 2. The first-order chi connectivity index (χ1) is 6.91. The van der Waals surface area contributed by atoms with E-state index in [4.69, 9.17) is 10.8 Å². The second-order valence-electron chi connectivity index (χ2n) is 3.69. The van der Waals surface area contributed by atoms with Crippen LogP contribution in [0.25, 0.3) is 0 Å². The molecule has 82 valence electrons. The Morgan fingerprint density at radius 3 is 2.67 bits per heavy atom. The standard InChI is InChI=1S/C11H14FNO2/c1-6-3-7(2)11(12)8(4-6)9(13)5-10(14)15/h3-4,9H,5,13H2,1-2H3,(H,14,15). The minimum atomic E-state index is -1.03. The van der Waals surface area contributed by atoms with Gasteiger partial charge in [0.05, 0.1) is 6.42 Å². The number of carboxylic acid groups (broad SMARTS) is 1. The minimum Gasteiger partial charge on any atom is -0.481 e. The largest absolute Gasteiger partial charge is 0.481 e. The highest BCUT2D eigenvalue weighted by Gasteiger charge is 2.16. The number of carboxylic acids is 1. The lowest BCUT2D eigenvalue weighted by Gasteiger charge is -2.13. The molecule has 0 amide bonds. The number of benzene rings is 1. The van der Waals surface area contributed by atoms with E-state index in [9.17, 15) is 9.18 Å². The van der Waals surface area contributed by atoms with Gasteiger partial charge < -0.3 is 10.8 Å². The van der Waals surface area contributed by atoms with Gasteiger partial charge in [0.15, 0.2) is 0 Å². The highest BCUT2D eigenvalue weighted by atomic mass is 19.1. The van der Waals surface area contributed by atoms with Gasteiger partial charge in [-0.3, -0.25) is 4.79 Å². The van der Waals surface area contributed by atoms with Crippen LogP contribution in [-0.2, 0) is 4.79 Å². The molecule has 0 heterocycles. The highest BCUT2D eigenvalue weighted by molar-refractivity contribution is 5.68. The fraction of sp³-hybridized carbons (Fsp3) is 0.364. The number of aryl methyl sites for hydroxylation is 2. The number of aliphatic carboxylic acids is 1. The van der Waals surface area contributed by atoms with E-state index in [1.807, 2.05) is 6.92 Å². The van der Waals surface area contributed by atoms with Crippen molar-refractivity contribution in [3.63, 3.8) is 0 Å². The molecule has 0 spiro atoms. The molecule has 0 aliphatic rings. The molecule has 1 aromatic carbocycles. The van der Waals surface area contributed by atoms with E-state index in [1.165, 1.54) is 0 Å². The maximum atomic E-state index is 13.6. The van der Waals surface area contributed by atoms with Gasteiger partial charge in [0.2, 0.25) is 0 Å². The van der Waals surface area contributed by atoms with Gasteiger partial charge in [-0.25, -0.2) is 4.39 Å². The van der Waals surface area contributed by atoms with Gasteiger partial charge in [0.1, 0.15) is 5.82 Å². The average molecular weight is 211 g/mol. The lowest BCUT2D eigenvalue weighted by molar-refractivity contribution is -0.137. The molecule has 0 saturated heterocycles. The van der Waals surface area contributed by atoms with Crippen LogP contribution >= 0.6 is 0 Å². The maximum absolute atomic E-state index is 13.6. The van der Waals surface area contributed by atoms with Crippen molar-refractivity contribution in [2.75, 3.05) is 0 Å². The summed E-state index contributed by atoms with van der Waals surface area (Å²) < 4.78 is 13.6. The Kier molecular flexibility index (Phi) is 3.42. The van der Waals surface area contributed by atoms with Crippen LogP contribution in [0.2, 0.25) is 0 Å². The van der Waals surface area contributed by atoms with E-state index >= 15 is 0 Å². The number of hydrogen-bond donors (Lipinski definition) is 2. The third-order valence-corrected chi connectivity index (χ3v) is 2.22. The summed E-state index contributed by atoms with van der Waals surface area (Å²) in [6.07, 6.45) is -0.264. The molecule has 1 unspecified atom stereocenters. The summed E-state index contributed by atoms with van der Waals surface area (Å²) in [6, 6.07) is 2.50. The van der Waals surface area contributed by atoms with Crippen LogP contribution in [-0.4, -0.2) is 11.1 Å². The third kappa shape index (κ3) is 2.76. The zero-order chi connectivity index (χ0) is 11.6. The van der Waals surface area contributed by atoms with Crippen molar-refractivity contribution >= 4 is 5.97 Å².